The Kier molecular flexibility index (Phi) is 6.34. The van der Waals surface area contributed by atoms with E-state index in [1.165, 1.54) is 0 Å². The molecule has 0 radical (unpaired) electrons. The first-order valence-electron chi connectivity index (χ1n) is 8.86. The molecule has 1 aromatic heterocycles. The molecule has 2 unspecified atom stereocenters. The van der Waals surface area contributed by atoms with E-state index >= 15 is 0 Å². The van der Waals surface area contributed by atoms with E-state index in [0.29, 0.717) is 24.5 Å². The molecule has 1 N–H and O–H groups in total. The third-order valence-corrected chi connectivity index (χ3v) is 5.65. The number of carbonyl (C=O) groups is 1. The van der Waals surface area contributed by atoms with E-state index in [0.717, 1.165) is 28.4 Å². The molecule has 0 spiro atoms. The van der Waals surface area contributed by atoms with Crippen molar-refractivity contribution in [1.82, 2.24) is 9.88 Å². The Morgan fingerprint density at radius 3 is 2.67 bits per heavy atom. The number of hydrogen-bond acceptors (Lipinski definition) is 5. The Bertz CT molecular complexity index is 800. The number of aromatic nitrogens is 1. The lowest BCUT2D eigenvalue weighted by Crippen LogP contribution is -2.47. The molecule has 0 amide bonds. The molecule has 7 heteroatoms. The van der Waals surface area contributed by atoms with E-state index < -0.39 is 12.0 Å². The van der Waals surface area contributed by atoms with Crippen LogP contribution in [0.15, 0.2) is 41.1 Å². The zero-order valence-electron chi connectivity index (χ0n) is 15.4. The van der Waals surface area contributed by atoms with E-state index in [9.17, 15) is 9.90 Å². The molecule has 0 aliphatic carbocycles. The predicted molar refractivity (Wildman–Crippen MR) is 105 cm³/mol. The van der Waals surface area contributed by atoms with Gasteiger partial charge in [-0.15, -0.1) is 0 Å². The van der Waals surface area contributed by atoms with Crippen LogP contribution in [-0.4, -0.2) is 47.8 Å². The number of hydrogen-bond donors (Lipinski definition) is 1. The van der Waals surface area contributed by atoms with Gasteiger partial charge in [0, 0.05) is 16.9 Å². The van der Waals surface area contributed by atoms with Gasteiger partial charge < -0.3 is 14.6 Å². The lowest BCUT2D eigenvalue weighted by atomic mass is 9.92. The minimum atomic E-state index is -0.791. The Balaban J connectivity index is 2.15. The molecule has 27 heavy (non-hydrogen) atoms. The summed E-state index contributed by atoms with van der Waals surface area (Å²) in [6, 6.07) is 6.83. The fraction of sp³-hybridized carbons (Fsp3) is 0.400. The molecule has 1 fully saturated rings. The second-order valence-corrected chi connectivity index (χ2v) is 7.36. The first-order chi connectivity index (χ1) is 13.1. The maximum atomic E-state index is 11.9. The summed E-state index contributed by atoms with van der Waals surface area (Å²) < 4.78 is 11.7. The van der Waals surface area contributed by atoms with Crippen LogP contribution in [-0.2, 0) is 4.79 Å². The number of ether oxygens (including phenoxy) is 2. The normalized spacial score (nSPS) is 18.7. The van der Waals surface area contributed by atoms with Gasteiger partial charge >= 0.3 is 5.97 Å². The van der Waals surface area contributed by atoms with E-state index in [4.69, 9.17) is 9.47 Å². The van der Waals surface area contributed by atoms with Crippen molar-refractivity contribution < 1.29 is 19.4 Å². The zero-order valence-corrected chi connectivity index (χ0v) is 17.0. The standard InChI is InChI=1S/C20H23BrN2O4/c1-26-17-10-14(15(21)11-18(17)27-2)19(13-6-5-8-22-12-13)23-9-4-3-7-16(23)20(24)25/h5-6,8,10-12,16,19H,3-4,7,9H2,1-2H3,(H,24,25). The minimum absolute atomic E-state index is 0.255. The van der Waals surface area contributed by atoms with Crippen LogP contribution in [0, 0.1) is 0 Å². The first-order valence-corrected chi connectivity index (χ1v) is 9.66. The van der Waals surface area contributed by atoms with E-state index in [1.807, 2.05) is 24.3 Å². The molecule has 2 atom stereocenters. The van der Waals surface area contributed by atoms with Crippen molar-refractivity contribution in [3.63, 3.8) is 0 Å². The summed E-state index contributed by atoms with van der Waals surface area (Å²) in [5.41, 5.74) is 1.87. The molecule has 1 aliphatic rings. The summed E-state index contributed by atoms with van der Waals surface area (Å²) in [6.45, 7) is 0.706. The molecule has 6 nitrogen and oxygen atoms in total. The smallest absolute Gasteiger partial charge is 0.320 e. The van der Waals surface area contributed by atoms with Crippen molar-refractivity contribution in [3.05, 3.63) is 52.3 Å². The molecule has 2 heterocycles. The largest absolute Gasteiger partial charge is 0.493 e. The number of methoxy groups -OCH3 is 2. The number of nitrogens with zero attached hydrogens (tertiary/aromatic N) is 2. The summed E-state index contributed by atoms with van der Waals surface area (Å²) in [7, 11) is 3.18. The molecule has 144 valence electrons. The highest BCUT2D eigenvalue weighted by Crippen LogP contribution is 2.42. The molecule has 1 saturated heterocycles. The zero-order chi connectivity index (χ0) is 19.4. The summed E-state index contributed by atoms with van der Waals surface area (Å²) in [6.07, 6.45) is 6.03. The third kappa shape index (κ3) is 4.09. The molecular formula is C20H23BrN2O4. The maximum absolute atomic E-state index is 11.9. The van der Waals surface area contributed by atoms with Crippen LogP contribution < -0.4 is 9.47 Å². The van der Waals surface area contributed by atoms with Gasteiger partial charge in [-0.3, -0.25) is 14.7 Å². The highest BCUT2D eigenvalue weighted by molar-refractivity contribution is 9.10. The van der Waals surface area contributed by atoms with Crippen LogP contribution in [0.25, 0.3) is 0 Å². The highest BCUT2D eigenvalue weighted by Gasteiger charge is 2.36. The highest BCUT2D eigenvalue weighted by atomic mass is 79.9. The summed E-state index contributed by atoms with van der Waals surface area (Å²) in [4.78, 5) is 18.2. The van der Waals surface area contributed by atoms with Gasteiger partial charge in [0.2, 0.25) is 0 Å². The molecule has 1 aliphatic heterocycles. The van der Waals surface area contributed by atoms with Gasteiger partial charge in [-0.1, -0.05) is 28.4 Å². The quantitative estimate of drug-likeness (QED) is 0.743. The van der Waals surface area contributed by atoms with Crippen LogP contribution in [0.3, 0.4) is 0 Å². The lowest BCUT2D eigenvalue weighted by Gasteiger charge is -2.40. The summed E-state index contributed by atoms with van der Waals surface area (Å²) >= 11 is 3.64. The van der Waals surface area contributed by atoms with Crippen LogP contribution in [0.2, 0.25) is 0 Å². The second kappa shape index (κ2) is 8.71. The maximum Gasteiger partial charge on any atom is 0.320 e. The average molecular weight is 435 g/mol. The van der Waals surface area contributed by atoms with E-state index in [-0.39, 0.29) is 6.04 Å². The van der Waals surface area contributed by atoms with E-state index in [2.05, 4.69) is 25.8 Å². The monoisotopic (exact) mass is 434 g/mol. The van der Waals surface area contributed by atoms with Gasteiger partial charge in [0.1, 0.15) is 6.04 Å². The summed E-state index contributed by atoms with van der Waals surface area (Å²) in [5.74, 6) is 0.431. The van der Waals surface area contributed by atoms with Gasteiger partial charge in [0.25, 0.3) is 0 Å². The average Bonchev–Trinajstić information content (AvgIpc) is 2.70. The number of rotatable bonds is 6. The van der Waals surface area contributed by atoms with Gasteiger partial charge in [-0.25, -0.2) is 0 Å². The van der Waals surface area contributed by atoms with Crippen molar-refractivity contribution in [3.8, 4) is 11.5 Å². The summed E-state index contributed by atoms with van der Waals surface area (Å²) in [5, 5.41) is 9.79. The first kappa shape index (κ1) is 19.6. The van der Waals surface area contributed by atoms with Crippen LogP contribution in [0.5, 0.6) is 11.5 Å². The number of benzene rings is 1. The van der Waals surface area contributed by atoms with E-state index in [1.54, 1.807) is 26.6 Å². The predicted octanol–water partition coefficient (Wildman–Crippen LogP) is 3.89. The van der Waals surface area contributed by atoms with Crippen molar-refractivity contribution in [2.45, 2.75) is 31.3 Å². The molecular weight excluding hydrogens is 412 g/mol. The van der Waals surface area contributed by atoms with Crippen LogP contribution >= 0.6 is 15.9 Å². The molecule has 1 aromatic carbocycles. The number of carboxylic acid groups (broad SMARTS) is 1. The number of carboxylic acids is 1. The molecule has 3 rings (SSSR count). The number of pyridine rings is 1. The van der Waals surface area contributed by atoms with Gasteiger partial charge in [-0.05, 0) is 48.7 Å². The van der Waals surface area contributed by atoms with Crippen LogP contribution in [0.1, 0.15) is 36.4 Å². The van der Waals surface area contributed by atoms with Crippen molar-refractivity contribution >= 4 is 21.9 Å². The van der Waals surface area contributed by atoms with Gasteiger partial charge in [-0.2, -0.15) is 0 Å². The SMILES string of the molecule is COc1cc(Br)c(C(c2cccnc2)N2CCCCC2C(=O)O)cc1OC. The number of halogens is 1. The Morgan fingerprint density at radius 2 is 2.04 bits per heavy atom. The lowest BCUT2D eigenvalue weighted by molar-refractivity contribution is -0.145. The van der Waals surface area contributed by atoms with Crippen molar-refractivity contribution in [2.24, 2.45) is 0 Å². The molecule has 2 aromatic rings. The Hall–Kier alpha value is -2.12. The molecule has 0 bridgehead atoms. The fourth-order valence-corrected chi connectivity index (χ4v) is 4.23. The van der Waals surface area contributed by atoms with Gasteiger partial charge in [0.05, 0.1) is 20.3 Å². The Morgan fingerprint density at radius 1 is 1.30 bits per heavy atom. The van der Waals surface area contributed by atoms with Crippen LogP contribution in [0.4, 0.5) is 0 Å². The van der Waals surface area contributed by atoms with Crippen molar-refractivity contribution in [2.75, 3.05) is 20.8 Å². The topological polar surface area (TPSA) is 71.9 Å². The number of piperidine rings is 1. The van der Waals surface area contributed by atoms with Crippen molar-refractivity contribution in [1.29, 1.82) is 0 Å². The Labute approximate surface area is 167 Å². The minimum Gasteiger partial charge on any atom is -0.493 e. The van der Waals surface area contributed by atoms with Gasteiger partial charge in [0.15, 0.2) is 11.5 Å². The second-order valence-electron chi connectivity index (χ2n) is 6.51. The molecule has 0 saturated carbocycles. The fourth-order valence-electron chi connectivity index (χ4n) is 3.69. The number of aliphatic carboxylic acids is 1. The third-order valence-electron chi connectivity index (χ3n) is 4.96. The number of likely N-dealkylation sites (tertiary alicyclic amines) is 1.